The lowest BCUT2D eigenvalue weighted by Gasteiger charge is -2.09. The Hall–Kier alpha value is -2.82. The van der Waals surface area contributed by atoms with Gasteiger partial charge in [0.05, 0.1) is 0 Å². The zero-order valence-corrected chi connectivity index (χ0v) is 13.6. The first kappa shape index (κ1) is 16.1. The standard InChI is InChI=1S/C19H18O5/c1-12(9-16-10-13(2)19(21)23-16)7-8-22-15-5-3-14-4-6-18(20)24-17(14)11-15/h3-7,10-11,16H,8-9H2,1-2H3/b12-7+/t16-/m0/s1. The lowest BCUT2D eigenvalue weighted by atomic mass is 10.1. The molecule has 0 spiro atoms. The molecule has 5 heteroatoms. The molecule has 0 unspecified atom stereocenters. The quantitative estimate of drug-likeness (QED) is 0.479. The number of carbonyl (C=O) groups excluding carboxylic acids is 1. The first-order valence-electron chi connectivity index (χ1n) is 7.73. The molecule has 0 saturated heterocycles. The molecule has 0 aliphatic carbocycles. The van der Waals surface area contributed by atoms with E-state index >= 15 is 0 Å². The van der Waals surface area contributed by atoms with Gasteiger partial charge in [0.25, 0.3) is 0 Å². The van der Waals surface area contributed by atoms with Crippen molar-refractivity contribution in [3.05, 3.63) is 64.1 Å². The van der Waals surface area contributed by atoms with E-state index in [1.807, 2.05) is 31.2 Å². The molecule has 1 atom stereocenters. The van der Waals surface area contributed by atoms with Crippen molar-refractivity contribution in [2.75, 3.05) is 6.61 Å². The van der Waals surface area contributed by atoms with Gasteiger partial charge in [-0.3, -0.25) is 0 Å². The number of carbonyl (C=O) groups is 1. The van der Waals surface area contributed by atoms with Crippen molar-refractivity contribution < 1.29 is 18.7 Å². The van der Waals surface area contributed by atoms with Crippen LogP contribution < -0.4 is 10.4 Å². The summed E-state index contributed by atoms with van der Waals surface area (Å²) in [5.74, 6) is 0.380. The van der Waals surface area contributed by atoms with Crippen molar-refractivity contribution >= 4 is 16.9 Å². The fourth-order valence-corrected chi connectivity index (χ4v) is 2.52. The Kier molecular flexibility index (Phi) is 4.51. The zero-order chi connectivity index (χ0) is 17.1. The van der Waals surface area contributed by atoms with Crippen LogP contribution in [0.3, 0.4) is 0 Å². The van der Waals surface area contributed by atoms with E-state index in [9.17, 15) is 9.59 Å². The van der Waals surface area contributed by atoms with Crippen molar-refractivity contribution in [3.63, 3.8) is 0 Å². The van der Waals surface area contributed by atoms with E-state index in [2.05, 4.69) is 0 Å². The number of hydrogen-bond donors (Lipinski definition) is 0. The summed E-state index contributed by atoms with van der Waals surface area (Å²) >= 11 is 0. The second-order valence-electron chi connectivity index (χ2n) is 5.81. The average molecular weight is 326 g/mol. The van der Waals surface area contributed by atoms with Gasteiger partial charge in [-0.25, -0.2) is 9.59 Å². The van der Waals surface area contributed by atoms with E-state index in [1.54, 1.807) is 19.1 Å². The molecule has 24 heavy (non-hydrogen) atoms. The summed E-state index contributed by atoms with van der Waals surface area (Å²) in [6.45, 7) is 4.11. The maximum absolute atomic E-state index is 11.3. The average Bonchev–Trinajstić information content (AvgIpc) is 2.84. The van der Waals surface area contributed by atoms with Crippen molar-refractivity contribution in [2.45, 2.75) is 26.4 Å². The number of cyclic esters (lactones) is 1. The molecule has 1 aromatic carbocycles. The minimum atomic E-state index is -0.384. The van der Waals surface area contributed by atoms with Crippen LogP contribution >= 0.6 is 0 Å². The van der Waals surface area contributed by atoms with Gasteiger partial charge in [0.1, 0.15) is 24.0 Å². The predicted molar refractivity (Wildman–Crippen MR) is 90.0 cm³/mol. The highest BCUT2D eigenvalue weighted by Crippen LogP contribution is 2.21. The second-order valence-corrected chi connectivity index (χ2v) is 5.81. The second kappa shape index (κ2) is 6.74. The van der Waals surface area contributed by atoms with E-state index in [4.69, 9.17) is 13.9 Å². The lowest BCUT2D eigenvalue weighted by molar-refractivity contribution is -0.139. The van der Waals surface area contributed by atoms with E-state index in [-0.39, 0.29) is 17.7 Å². The number of ether oxygens (including phenoxy) is 2. The Morgan fingerprint density at radius 3 is 2.79 bits per heavy atom. The van der Waals surface area contributed by atoms with Crippen LogP contribution in [0, 0.1) is 0 Å². The number of fused-ring (bicyclic) bond motifs is 1. The summed E-state index contributed by atoms with van der Waals surface area (Å²) in [6, 6.07) is 8.48. The summed E-state index contributed by atoms with van der Waals surface area (Å²) in [5.41, 5.74) is 1.84. The third-order valence-corrected chi connectivity index (χ3v) is 3.82. The molecule has 0 bridgehead atoms. The molecule has 5 nitrogen and oxygen atoms in total. The highest BCUT2D eigenvalue weighted by atomic mass is 16.5. The molecule has 2 heterocycles. The van der Waals surface area contributed by atoms with Gasteiger partial charge in [0.2, 0.25) is 0 Å². The molecule has 1 aliphatic heterocycles. The third kappa shape index (κ3) is 3.74. The van der Waals surface area contributed by atoms with Gasteiger partial charge in [0, 0.05) is 29.5 Å². The van der Waals surface area contributed by atoms with Crippen LogP contribution in [-0.2, 0) is 9.53 Å². The van der Waals surface area contributed by atoms with Gasteiger partial charge in [-0.2, -0.15) is 0 Å². The van der Waals surface area contributed by atoms with Gasteiger partial charge in [-0.1, -0.05) is 5.57 Å². The molecule has 3 rings (SSSR count). The molecule has 0 fully saturated rings. The van der Waals surface area contributed by atoms with Gasteiger partial charge >= 0.3 is 11.6 Å². The fourth-order valence-electron chi connectivity index (χ4n) is 2.52. The van der Waals surface area contributed by atoms with Crippen LogP contribution in [0.15, 0.2) is 62.8 Å². The smallest absolute Gasteiger partial charge is 0.336 e. The SMILES string of the molecule is CC1=C[C@H](C/C(C)=C/COc2ccc3ccc(=O)oc3c2)OC1=O. The Balaban J connectivity index is 1.59. The van der Waals surface area contributed by atoms with E-state index < -0.39 is 0 Å². The molecule has 124 valence electrons. The van der Waals surface area contributed by atoms with E-state index in [0.717, 1.165) is 11.0 Å². The van der Waals surface area contributed by atoms with Gasteiger partial charge in [-0.05, 0) is 44.2 Å². The molecular formula is C19H18O5. The molecule has 1 aromatic heterocycles. The Labute approximate surface area is 139 Å². The van der Waals surface area contributed by atoms with Crippen molar-refractivity contribution in [2.24, 2.45) is 0 Å². The van der Waals surface area contributed by atoms with Crippen LogP contribution in [-0.4, -0.2) is 18.7 Å². The molecule has 2 aromatic rings. The number of benzene rings is 1. The molecule has 0 amide bonds. The topological polar surface area (TPSA) is 65.7 Å². The normalized spacial score (nSPS) is 17.8. The largest absolute Gasteiger partial charge is 0.489 e. The fraction of sp³-hybridized carbons (Fsp3) is 0.263. The Bertz CT molecular complexity index is 888. The summed E-state index contributed by atoms with van der Waals surface area (Å²) in [5, 5.41) is 0.846. The molecule has 0 N–H and O–H groups in total. The van der Waals surface area contributed by atoms with Crippen LogP contribution in [0.1, 0.15) is 20.3 Å². The van der Waals surface area contributed by atoms with Crippen molar-refractivity contribution in [3.8, 4) is 5.75 Å². The molecule has 0 saturated carbocycles. The van der Waals surface area contributed by atoms with Crippen LogP contribution in [0.2, 0.25) is 0 Å². The number of rotatable bonds is 5. The Morgan fingerprint density at radius 1 is 1.25 bits per heavy atom. The third-order valence-electron chi connectivity index (χ3n) is 3.82. The van der Waals surface area contributed by atoms with Crippen LogP contribution in [0.4, 0.5) is 0 Å². The highest BCUT2D eigenvalue weighted by Gasteiger charge is 2.21. The van der Waals surface area contributed by atoms with Crippen molar-refractivity contribution in [1.82, 2.24) is 0 Å². The summed E-state index contributed by atoms with van der Waals surface area (Å²) < 4.78 is 16.0. The summed E-state index contributed by atoms with van der Waals surface area (Å²) in [6.07, 6.45) is 4.25. The predicted octanol–water partition coefficient (Wildman–Crippen LogP) is 3.38. The highest BCUT2D eigenvalue weighted by molar-refractivity contribution is 5.90. The lowest BCUT2D eigenvalue weighted by Crippen LogP contribution is -2.08. The first-order chi connectivity index (χ1) is 11.5. The summed E-state index contributed by atoms with van der Waals surface area (Å²) in [4.78, 5) is 22.6. The minimum absolute atomic E-state index is 0.191. The van der Waals surface area contributed by atoms with Crippen LogP contribution in [0.5, 0.6) is 5.75 Å². The summed E-state index contributed by atoms with van der Waals surface area (Å²) in [7, 11) is 0. The number of esters is 1. The van der Waals surface area contributed by atoms with Crippen molar-refractivity contribution in [1.29, 1.82) is 0 Å². The monoisotopic (exact) mass is 326 g/mol. The minimum Gasteiger partial charge on any atom is -0.489 e. The molecule has 0 radical (unpaired) electrons. The van der Waals surface area contributed by atoms with Gasteiger partial charge < -0.3 is 13.9 Å². The maximum Gasteiger partial charge on any atom is 0.336 e. The van der Waals surface area contributed by atoms with Crippen LogP contribution in [0.25, 0.3) is 11.0 Å². The van der Waals surface area contributed by atoms with Gasteiger partial charge in [0.15, 0.2) is 0 Å². The van der Waals surface area contributed by atoms with E-state index in [0.29, 0.717) is 29.9 Å². The maximum atomic E-state index is 11.3. The Morgan fingerprint density at radius 2 is 2.04 bits per heavy atom. The first-order valence-corrected chi connectivity index (χ1v) is 7.73. The van der Waals surface area contributed by atoms with E-state index in [1.165, 1.54) is 6.07 Å². The molecular weight excluding hydrogens is 308 g/mol. The number of hydrogen-bond acceptors (Lipinski definition) is 5. The van der Waals surface area contributed by atoms with Gasteiger partial charge in [-0.15, -0.1) is 0 Å². The zero-order valence-electron chi connectivity index (χ0n) is 13.6. The molecule has 1 aliphatic rings.